The van der Waals surface area contributed by atoms with Gasteiger partial charge in [-0.15, -0.1) is 0 Å². The van der Waals surface area contributed by atoms with E-state index in [9.17, 15) is 13.2 Å². The number of halogens is 3. The van der Waals surface area contributed by atoms with Crippen LogP contribution in [-0.2, 0) is 0 Å². The zero-order valence-electron chi connectivity index (χ0n) is 7.38. The van der Waals surface area contributed by atoms with Crippen molar-refractivity contribution in [3.8, 4) is 0 Å². The highest BCUT2D eigenvalue weighted by atomic mass is 19.4. The number of aromatic nitrogens is 1. The van der Waals surface area contributed by atoms with Crippen molar-refractivity contribution in [1.82, 2.24) is 4.57 Å². The van der Waals surface area contributed by atoms with Gasteiger partial charge in [0.1, 0.15) is 6.04 Å². The Labute approximate surface area is 75.2 Å². The lowest BCUT2D eigenvalue weighted by molar-refractivity contribution is -0.169. The number of alkyl halides is 3. The van der Waals surface area contributed by atoms with Gasteiger partial charge in [-0.25, -0.2) is 0 Å². The molecule has 1 heterocycles. The smallest absolute Gasteiger partial charge is 0.342 e. The van der Waals surface area contributed by atoms with Crippen LogP contribution in [-0.4, -0.2) is 10.7 Å². The van der Waals surface area contributed by atoms with E-state index in [2.05, 4.69) is 0 Å². The van der Waals surface area contributed by atoms with Gasteiger partial charge in [0.25, 0.3) is 0 Å². The van der Waals surface area contributed by atoms with Crippen molar-refractivity contribution in [3.63, 3.8) is 0 Å². The Morgan fingerprint density at radius 3 is 2.15 bits per heavy atom. The van der Waals surface area contributed by atoms with Gasteiger partial charge in [0, 0.05) is 12.4 Å². The molecule has 1 rings (SSSR count). The number of hydrogen-bond donors (Lipinski definition) is 0. The van der Waals surface area contributed by atoms with E-state index >= 15 is 0 Å². The molecule has 1 atom stereocenters. The molecular formula is C9H12F3N. The Morgan fingerprint density at radius 1 is 1.23 bits per heavy atom. The summed E-state index contributed by atoms with van der Waals surface area (Å²) in [7, 11) is 0. The molecule has 0 bridgehead atoms. The third-order valence-corrected chi connectivity index (χ3v) is 1.93. The van der Waals surface area contributed by atoms with Crippen LogP contribution in [0.2, 0.25) is 0 Å². The molecule has 0 fully saturated rings. The predicted octanol–water partition coefficient (Wildman–Crippen LogP) is 3.39. The minimum Gasteiger partial charge on any atom is -0.342 e. The lowest BCUT2D eigenvalue weighted by Crippen LogP contribution is -2.25. The summed E-state index contributed by atoms with van der Waals surface area (Å²) in [5.41, 5.74) is 0. The molecule has 1 unspecified atom stereocenters. The fraction of sp³-hybridized carbons (Fsp3) is 0.556. The van der Waals surface area contributed by atoms with E-state index in [0.717, 1.165) is 0 Å². The van der Waals surface area contributed by atoms with Crippen molar-refractivity contribution in [2.24, 2.45) is 0 Å². The summed E-state index contributed by atoms with van der Waals surface area (Å²) in [5, 5.41) is 0. The summed E-state index contributed by atoms with van der Waals surface area (Å²) < 4.78 is 38.6. The molecule has 74 valence electrons. The Morgan fingerprint density at radius 2 is 1.77 bits per heavy atom. The second kappa shape index (κ2) is 3.85. The fourth-order valence-corrected chi connectivity index (χ4v) is 1.31. The first-order valence-corrected chi connectivity index (χ1v) is 4.25. The van der Waals surface area contributed by atoms with Crippen molar-refractivity contribution in [1.29, 1.82) is 0 Å². The molecule has 13 heavy (non-hydrogen) atoms. The lowest BCUT2D eigenvalue weighted by atomic mass is 10.1. The van der Waals surface area contributed by atoms with Gasteiger partial charge >= 0.3 is 6.18 Å². The van der Waals surface area contributed by atoms with Crippen molar-refractivity contribution in [3.05, 3.63) is 24.5 Å². The van der Waals surface area contributed by atoms with Crippen LogP contribution in [0.5, 0.6) is 0 Å². The largest absolute Gasteiger partial charge is 0.409 e. The maximum Gasteiger partial charge on any atom is 0.409 e. The van der Waals surface area contributed by atoms with Gasteiger partial charge in [0.2, 0.25) is 0 Å². The van der Waals surface area contributed by atoms with Gasteiger partial charge in [-0.1, -0.05) is 13.3 Å². The summed E-state index contributed by atoms with van der Waals surface area (Å²) in [6.07, 6.45) is -0.572. The quantitative estimate of drug-likeness (QED) is 0.690. The molecule has 0 aliphatic rings. The van der Waals surface area contributed by atoms with Gasteiger partial charge < -0.3 is 4.57 Å². The average molecular weight is 191 g/mol. The molecule has 0 saturated heterocycles. The van der Waals surface area contributed by atoms with Gasteiger partial charge in [-0.2, -0.15) is 13.2 Å². The summed E-state index contributed by atoms with van der Waals surface area (Å²) >= 11 is 0. The normalized spacial score (nSPS) is 14.5. The Hall–Kier alpha value is -0.930. The van der Waals surface area contributed by atoms with Crippen LogP contribution in [0, 0.1) is 0 Å². The first kappa shape index (κ1) is 10.2. The molecule has 0 spiro atoms. The SMILES string of the molecule is CCCC(n1cccc1)C(F)(F)F. The van der Waals surface area contributed by atoms with E-state index in [1.807, 2.05) is 0 Å². The zero-order valence-corrected chi connectivity index (χ0v) is 7.38. The topological polar surface area (TPSA) is 4.93 Å². The van der Waals surface area contributed by atoms with Crippen LogP contribution in [0.1, 0.15) is 25.8 Å². The minimum absolute atomic E-state index is 0.137. The molecule has 1 aromatic heterocycles. The van der Waals surface area contributed by atoms with Gasteiger partial charge in [-0.3, -0.25) is 0 Å². The monoisotopic (exact) mass is 191 g/mol. The number of nitrogens with zero attached hydrogens (tertiary/aromatic N) is 1. The van der Waals surface area contributed by atoms with Gasteiger partial charge in [0.05, 0.1) is 0 Å². The highest BCUT2D eigenvalue weighted by molar-refractivity contribution is 4.94. The summed E-state index contributed by atoms with van der Waals surface area (Å²) in [6.45, 7) is 1.75. The average Bonchev–Trinajstić information content (AvgIpc) is 2.49. The Kier molecular flexibility index (Phi) is 3.01. The van der Waals surface area contributed by atoms with Crippen molar-refractivity contribution in [2.75, 3.05) is 0 Å². The van der Waals surface area contributed by atoms with Crippen LogP contribution < -0.4 is 0 Å². The first-order valence-electron chi connectivity index (χ1n) is 4.25. The summed E-state index contributed by atoms with van der Waals surface area (Å²) in [5.74, 6) is 0. The molecule has 0 saturated carbocycles. The van der Waals surface area contributed by atoms with E-state index in [1.165, 1.54) is 17.0 Å². The van der Waals surface area contributed by atoms with Crippen LogP contribution in [0.4, 0.5) is 13.2 Å². The maximum absolute atomic E-state index is 12.4. The summed E-state index contributed by atoms with van der Waals surface area (Å²) in [4.78, 5) is 0. The molecule has 0 aliphatic carbocycles. The van der Waals surface area contributed by atoms with Crippen LogP contribution in [0.15, 0.2) is 24.5 Å². The second-order valence-corrected chi connectivity index (χ2v) is 2.98. The van der Waals surface area contributed by atoms with E-state index in [1.54, 1.807) is 19.1 Å². The van der Waals surface area contributed by atoms with Crippen LogP contribution >= 0.6 is 0 Å². The van der Waals surface area contributed by atoms with Crippen molar-refractivity contribution < 1.29 is 13.2 Å². The second-order valence-electron chi connectivity index (χ2n) is 2.98. The van der Waals surface area contributed by atoms with E-state index < -0.39 is 12.2 Å². The molecule has 0 aromatic carbocycles. The zero-order chi connectivity index (χ0) is 9.90. The molecule has 0 radical (unpaired) electrons. The standard InChI is InChI=1S/C9H12F3N/c1-2-5-8(9(10,11)12)13-6-3-4-7-13/h3-4,6-8H,2,5H2,1H3. The highest BCUT2D eigenvalue weighted by Crippen LogP contribution is 2.33. The first-order chi connectivity index (χ1) is 6.05. The molecule has 1 nitrogen and oxygen atoms in total. The fourth-order valence-electron chi connectivity index (χ4n) is 1.31. The van der Waals surface area contributed by atoms with E-state index in [-0.39, 0.29) is 6.42 Å². The molecule has 1 aromatic rings. The third kappa shape index (κ3) is 2.50. The minimum atomic E-state index is -4.14. The lowest BCUT2D eigenvalue weighted by Gasteiger charge is -2.21. The molecular weight excluding hydrogens is 179 g/mol. The van der Waals surface area contributed by atoms with E-state index in [4.69, 9.17) is 0 Å². The summed E-state index contributed by atoms with van der Waals surface area (Å²) in [6, 6.07) is 1.84. The third-order valence-electron chi connectivity index (χ3n) is 1.93. The van der Waals surface area contributed by atoms with Crippen molar-refractivity contribution >= 4 is 0 Å². The van der Waals surface area contributed by atoms with E-state index in [0.29, 0.717) is 6.42 Å². The maximum atomic E-state index is 12.4. The molecule has 0 N–H and O–H groups in total. The van der Waals surface area contributed by atoms with Crippen LogP contribution in [0.25, 0.3) is 0 Å². The highest BCUT2D eigenvalue weighted by Gasteiger charge is 2.39. The predicted molar refractivity (Wildman–Crippen MR) is 44.4 cm³/mol. The van der Waals surface area contributed by atoms with Gasteiger partial charge in [0.15, 0.2) is 0 Å². The Balaban J connectivity index is 2.81. The number of hydrogen-bond acceptors (Lipinski definition) is 0. The van der Waals surface area contributed by atoms with Gasteiger partial charge in [-0.05, 0) is 18.6 Å². The van der Waals surface area contributed by atoms with Crippen LogP contribution in [0.3, 0.4) is 0 Å². The molecule has 4 heteroatoms. The number of rotatable bonds is 3. The van der Waals surface area contributed by atoms with Crippen molar-refractivity contribution in [2.45, 2.75) is 32.0 Å². The molecule has 0 amide bonds. The Bertz CT molecular complexity index is 238. The molecule has 0 aliphatic heterocycles.